The molecule has 0 amide bonds. The fourth-order valence-corrected chi connectivity index (χ4v) is 2.30. The summed E-state index contributed by atoms with van der Waals surface area (Å²) in [6, 6.07) is 0. The lowest BCUT2D eigenvalue weighted by Crippen LogP contribution is -2.74. The number of nitrogens with two attached hydrogens (primary N) is 1. The molecule has 0 aromatic carbocycles. The van der Waals surface area contributed by atoms with Crippen molar-refractivity contribution in [1.82, 2.24) is 0 Å². The molecule has 0 heterocycles. The molecule has 11 heavy (non-hydrogen) atoms. The molecule has 3 saturated carbocycles. The normalized spacial score (nSPS) is 44.5. The minimum atomic E-state index is -0.149. The third-order valence-electron chi connectivity index (χ3n) is 2.69. The van der Waals surface area contributed by atoms with Gasteiger partial charge in [-0.05, 0) is 19.3 Å². The van der Waals surface area contributed by atoms with Crippen LogP contribution in [-0.2, 0) is 9.53 Å². The molecule has 0 saturated heterocycles. The molecule has 0 aromatic heterocycles. The van der Waals surface area contributed by atoms with Gasteiger partial charge in [0.15, 0.2) is 0 Å². The van der Waals surface area contributed by atoms with Crippen molar-refractivity contribution in [2.24, 2.45) is 11.1 Å². The van der Waals surface area contributed by atoms with Gasteiger partial charge in [-0.25, -0.2) is 0 Å². The van der Waals surface area contributed by atoms with Crippen LogP contribution in [0.5, 0.6) is 0 Å². The third-order valence-corrected chi connectivity index (χ3v) is 2.69. The molecule has 0 atom stereocenters. The van der Waals surface area contributed by atoms with E-state index in [0.29, 0.717) is 0 Å². The Morgan fingerprint density at radius 3 is 2.18 bits per heavy atom. The lowest BCUT2D eigenvalue weighted by molar-refractivity contribution is -0.194. The van der Waals surface area contributed by atoms with Gasteiger partial charge in [0.25, 0.3) is 0 Å². The molecule has 3 fully saturated rings. The molecule has 0 unspecified atom stereocenters. The highest BCUT2D eigenvalue weighted by Crippen LogP contribution is 2.66. The number of halogens is 1. The van der Waals surface area contributed by atoms with Crippen LogP contribution in [0.1, 0.15) is 19.3 Å². The maximum atomic E-state index is 11.0. The second-order valence-electron chi connectivity index (χ2n) is 3.66. The molecule has 64 valence electrons. The van der Waals surface area contributed by atoms with Gasteiger partial charge >= 0.3 is 5.97 Å². The monoisotopic (exact) mass is 177 g/mol. The van der Waals surface area contributed by atoms with Gasteiger partial charge in [0.1, 0.15) is 0 Å². The Kier molecular flexibility index (Phi) is 1.69. The van der Waals surface area contributed by atoms with Crippen molar-refractivity contribution < 1.29 is 9.53 Å². The minimum Gasteiger partial charge on any atom is -0.469 e. The van der Waals surface area contributed by atoms with Crippen LogP contribution in [0.2, 0.25) is 0 Å². The van der Waals surface area contributed by atoms with E-state index in [0.717, 1.165) is 19.3 Å². The molecule has 3 aliphatic carbocycles. The van der Waals surface area contributed by atoms with Crippen molar-refractivity contribution in [2.45, 2.75) is 24.8 Å². The summed E-state index contributed by atoms with van der Waals surface area (Å²) < 4.78 is 4.65. The molecule has 3 nitrogen and oxygen atoms in total. The van der Waals surface area contributed by atoms with Crippen LogP contribution in [0, 0.1) is 5.41 Å². The Labute approximate surface area is 71.7 Å². The molecule has 0 aliphatic heterocycles. The van der Waals surface area contributed by atoms with Gasteiger partial charge in [0, 0.05) is 5.54 Å². The number of rotatable bonds is 1. The summed E-state index contributed by atoms with van der Waals surface area (Å²) >= 11 is 0. The van der Waals surface area contributed by atoms with Crippen LogP contribution in [-0.4, -0.2) is 18.6 Å². The summed E-state index contributed by atoms with van der Waals surface area (Å²) in [6.45, 7) is 0. The first-order valence-corrected chi connectivity index (χ1v) is 3.48. The average molecular weight is 178 g/mol. The van der Waals surface area contributed by atoms with Crippen molar-refractivity contribution in [3.63, 3.8) is 0 Å². The minimum absolute atomic E-state index is 0. The largest absolute Gasteiger partial charge is 0.469 e. The van der Waals surface area contributed by atoms with E-state index in [1.807, 2.05) is 0 Å². The molecule has 4 heteroatoms. The molecule has 0 radical (unpaired) electrons. The summed E-state index contributed by atoms with van der Waals surface area (Å²) in [5.41, 5.74) is 5.62. The smallest absolute Gasteiger partial charge is 0.312 e. The number of methoxy groups -OCH3 is 1. The highest BCUT2D eigenvalue weighted by atomic mass is 35.5. The first kappa shape index (κ1) is 8.81. The van der Waals surface area contributed by atoms with Crippen molar-refractivity contribution in [3.05, 3.63) is 0 Å². The highest BCUT2D eigenvalue weighted by molar-refractivity contribution is 5.85. The van der Waals surface area contributed by atoms with Crippen molar-refractivity contribution in [3.8, 4) is 0 Å². The first-order valence-electron chi connectivity index (χ1n) is 3.48. The van der Waals surface area contributed by atoms with E-state index in [-0.39, 0.29) is 29.3 Å². The second kappa shape index (κ2) is 2.11. The van der Waals surface area contributed by atoms with E-state index >= 15 is 0 Å². The Balaban J connectivity index is 0.000000605. The van der Waals surface area contributed by atoms with E-state index in [9.17, 15) is 4.79 Å². The Morgan fingerprint density at radius 1 is 1.45 bits per heavy atom. The number of carbonyl (C=O) groups excluding carboxylic acids is 1. The molecule has 0 spiro atoms. The second-order valence-corrected chi connectivity index (χ2v) is 3.66. The predicted molar refractivity (Wildman–Crippen MR) is 42.5 cm³/mol. The zero-order valence-electron chi connectivity index (χ0n) is 6.42. The van der Waals surface area contributed by atoms with Crippen LogP contribution in [0.4, 0.5) is 0 Å². The fraction of sp³-hybridized carbons (Fsp3) is 0.857. The summed E-state index contributed by atoms with van der Waals surface area (Å²) in [5, 5.41) is 0. The average Bonchev–Trinajstić information content (AvgIpc) is 1.77. The summed E-state index contributed by atoms with van der Waals surface area (Å²) in [5.74, 6) is -0.0696. The summed E-state index contributed by atoms with van der Waals surface area (Å²) in [6.07, 6.45) is 2.52. The van der Waals surface area contributed by atoms with Gasteiger partial charge in [0.05, 0.1) is 12.5 Å². The zero-order valence-corrected chi connectivity index (χ0v) is 7.24. The maximum absolute atomic E-state index is 11.0. The Morgan fingerprint density at radius 2 is 1.91 bits per heavy atom. The molecule has 3 aliphatic rings. The van der Waals surface area contributed by atoms with E-state index in [4.69, 9.17) is 5.73 Å². The molecule has 3 rings (SSSR count). The first-order chi connectivity index (χ1) is 4.60. The summed E-state index contributed by atoms with van der Waals surface area (Å²) in [4.78, 5) is 11.0. The van der Waals surface area contributed by atoms with Crippen LogP contribution < -0.4 is 5.73 Å². The fourth-order valence-electron chi connectivity index (χ4n) is 2.30. The van der Waals surface area contributed by atoms with Crippen LogP contribution in [0.25, 0.3) is 0 Å². The summed E-state index contributed by atoms with van der Waals surface area (Å²) in [7, 11) is 1.44. The van der Waals surface area contributed by atoms with Gasteiger partial charge in [-0.1, -0.05) is 0 Å². The number of ether oxygens (including phenoxy) is 1. The third kappa shape index (κ3) is 0.876. The predicted octanol–water partition coefficient (Wildman–Crippen LogP) is 0.463. The zero-order chi connectivity index (χ0) is 7.41. The number of esters is 1. The van der Waals surface area contributed by atoms with Gasteiger partial charge < -0.3 is 10.5 Å². The van der Waals surface area contributed by atoms with E-state index in [1.54, 1.807) is 0 Å². The molecule has 2 bridgehead atoms. The number of hydrogen-bond donors (Lipinski definition) is 1. The number of carbonyl (C=O) groups is 1. The van der Waals surface area contributed by atoms with Crippen molar-refractivity contribution in [1.29, 1.82) is 0 Å². The van der Waals surface area contributed by atoms with Crippen LogP contribution in [0.15, 0.2) is 0 Å². The molecular formula is C7H12ClNO2. The van der Waals surface area contributed by atoms with Crippen molar-refractivity contribution in [2.75, 3.05) is 7.11 Å². The van der Waals surface area contributed by atoms with Crippen molar-refractivity contribution >= 4 is 18.4 Å². The lowest BCUT2D eigenvalue weighted by Gasteiger charge is -2.66. The lowest BCUT2D eigenvalue weighted by atomic mass is 9.40. The molecule has 0 aromatic rings. The van der Waals surface area contributed by atoms with Gasteiger partial charge in [-0.2, -0.15) is 0 Å². The maximum Gasteiger partial charge on any atom is 0.312 e. The topological polar surface area (TPSA) is 52.3 Å². The highest BCUT2D eigenvalue weighted by Gasteiger charge is 2.70. The Bertz CT molecular complexity index is 185. The standard InChI is InChI=1S/C7H11NO2.ClH/c1-10-5(9)6-2-7(8,3-6)4-6;/h2-4,8H2,1H3;1H. The van der Waals surface area contributed by atoms with E-state index < -0.39 is 0 Å². The Hall–Kier alpha value is -0.280. The number of hydrogen-bond acceptors (Lipinski definition) is 3. The molecular weight excluding hydrogens is 166 g/mol. The SMILES string of the molecule is COC(=O)C12CC(N)(C1)C2.Cl. The van der Waals surface area contributed by atoms with Crippen LogP contribution >= 0.6 is 12.4 Å². The van der Waals surface area contributed by atoms with E-state index in [1.165, 1.54) is 7.11 Å². The molecule has 2 N–H and O–H groups in total. The van der Waals surface area contributed by atoms with Gasteiger partial charge in [-0.15, -0.1) is 12.4 Å². The van der Waals surface area contributed by atoms with Gasteiger partial charge in [-0.3, -0.25) is 4.79 Å². The van der Waals surface area contributed by atoms with Crippen LogP contribution in [0.3, 0.4) is 0 Å². The quantitative estimate of drug-likeness (QED) is 0.593. The van der Waals surface area contributed by atoms with E-state index in [2.05, 4.69) is 4.74 Å². The van der Waals surface area contributed by atoms with Gasteiger partial charge in [0.2, 0.25) is 0 Å².